The molecule has 0 bridgehead atoms. The van der Waals surface area contributed by atoms with Crippen molar-refractivity contribution in [3.8, 4) is 0 Å². The summed E-state index contributed by atoms with van der Waals surface area (Å²) in [6.45, 7) is 6.29. The van der Waals surface area contributed by atoms with E-state index in [0.717, 1.165) is 40.8 Å². The fourth-order valence-electron chi connectivity index (χ4n) is 1.83. The van der Waals surface area contributed by atoms with Crippen LogP contribution in [-0.2, 0) is 0 Å². The van der Waals surface area contributed by atoms with Crippen LogP contribution in [0, 0.1) is 0 Å². The lowest BCUT2D eigenvalue weighted by Crippen LogP contribution is -2.24. The van der Waals surface area contributed by atoms with Gasteiger partial charge in [0.2, 0.25) is 0 Å². The van der Waals surface area contributed by atoms with E-state index in [-0.39, 0.29) is 0 Å². The highest BCUT2D eigenvalue weighted by atomic mass is 79.9. The quantitative estimate of drug-likeness (QED) is 0.862. The summed E-state index contributed by atoms with van der Waals surface area (Å²) in [5, 5.41) is 0. The number of nitrogens with zero attached hydrogens (tertiary/aromatic N) is 3. The fourth-order valence-corrected chi connectivity index (χ4v) is 2.18. The number of anilines is 1. The minimum Gasteiger partial charge on any atom is -0.356 e. The first-order valence-electron chi connectivity index (χ1n) is 5.91. The zero-order valence-electron chi connectivity index (χ0n) is 10.2. The predicted molar refractivity (Wildman–Crippen MR) is 75.4 cm³/mol. The van der Waals surface area contributed by atoms with Crippen molar-refractivity contribution in [1.29, 1.82) is 0 Å². The minimum atomic E-state index is 0.935. The third-order valence-corrected chi connectivity index (χ3v) is 3.18. The predicted octanol–water partition coefficient (Wildman–Crippen LogP) is 3.63. The van der Waals surface area contributed by atoms with Crippen molar-refractivity contribution in [2.45, 2.75) is 20.3 Å². The summed E-state index contributed by atoms with van der Waals surface area (Å²) in [7, 11) is 0. The molecule has 3 nitrogen and oxygen atoms in total. The molecule has 0 amide bonds. The van der Waals surface area contributed by atoms with Gasteiger partial charge in [-0.15, -0.1) is 0 Å². The molecule has 0 fully saturated rings. The van der Waals surface area contributed by atoms with Gasteiger partial charge in [-0.3, -0.25) is 4.98 Å². The lowest BCUT2D eigenvalue weighted by atomic mass is 10.3. The Balaban J connectivity index is 2.41. The number of rotatable bonds is 4. The molecule has 1 aromatic heterocycles. The van der Waals surface area contributed by atoms with E-state index in [1.54, 1.807) is 0 Å². The van der Waals surface area contributed by atoms with E-state index in [1.807, 2.05) is 24.4 Å². The second kappa shape index (κ2) is 5.45. The highest BCUT2D eigenvalue weighted by Gasteiger charge is 2.06. The molecule has 0 spiro atoms. The van der Waals surface area contributed by atoms with Gasteiger partial charge in [0, 0.05) is 17.6 Å². The van der Waals surface area contributed by atoms with Crippen molar-refractivity contribution in [2.75, 3.05) is 18.0 Å². The van der Waals surface area contributed by atoms with Gasteiger partial charge < -0.3 is 4.90 Å². The van der Waals surface area contributed by atoms with Crippen LogP contribution >= 0.6 is 15.9 Å². The van der Waals surface area contributed by atoms with Gasteiger partial charge in [0.15, 0.2) is 0 Å². The van der Waals surface area contributed by atoms with Crippen LogP contribution in [0.25, 0.3) is 11.0 Å². The molecule has 1 heterocycles. The van der Waals surface area contributed by atoms with Crippen LogP contribution in [0.3, 0.4) is 0 Å². The topological polar surface area (TPSA) is 29.0 Å². The van der Waals surface area contributed by atoms with E-state index in [0.29, 0.717) is 0 Å². The maximum absolute atomic E-state index is 4.66. The minimum absolute atomic E-state index is 0.935. The monoisotopic (exact) mass is 293 g/mol. The maximum atomic E-state index is 4.66. The number of halogens is 1. The zero-order chi connectivity index (χ0) is 12.3. The first kappa shape index (κ1) is 12.3. The van der Waals surface area contributed by atoms with Gasteiger partial charge in [0.25, 0.3) is 0 Å². The first-order chi connectivity index (χ1) is 8.24. The standard InChI is InChI=1S/C13H16BrN3/c1-3-7-17(4-2)13-9-15-11-6-5-10(14)8-12(11)16-13/h5-6,8-9H,3-4,7H2,1-2H3. The molecule has 0 unspecified atom stereocenters. The van der Waals surface area contributed by atoms with Gasteiger partial charge in [-0.2, -0.15) is 0 Å². The van der Waals surface area contributed by atoms with E-state index < -0.39 is 0 Å². The molecular weight excluding hydrogens is 278 g/mol. The second-order valence-corrected chi connectivity index (χ2v) is 4.86. The second-order valence-electron chi connectivity index (χ2n) is 3.94. The first-order valence-corrected chi connectivity index (χ1v) is 6.71. The molecular formula is C13H16BrN3. The van der Waals surface area contributed by atoms with Crippen molar-refractivity contribution in [1.82, 2.24) is 9.97 Å². The average molecular weight is 294 g/mol. The van der Waals surface area contributed by atoms with E-state index in [2.05, 4.69) is 44.6 Å². The summed E-state index contributed by atoms with van der Waals surface area (Å²) in [5.74, 6) is 0.958. The molecule has 2 aromatic rings. The Morgan fingerprint density at radius 3 is 2.76 bits per heavy atom. The van der Waals surface area contributed by atoms with Crippen LogP contribution in [0.15, 0.2) is 28.9 Å². The van der Waals surface area contributed by atoms with Gasteiger partial charge in [0.1, 0.15) is 5.82 Å². The number of hydrogen-bond acceptors (Lipinski definition) is 3. The van der Waals surface area contributed by atoms with Crippen LogP contribution in [0.1, 0.15) is 20.3 Å². The molecule has 17 heavy (non-hydrogen) atoms. The maximum Gasteiger partial charge on any atom is 0.147 e. The number of benzene rings is 1. The number of aromatic nitrogens is 2. The smallest absolute Gasteiger partial charge is 0.147 e. The molecule has 0 radical (unpaired) electrons. The molecule has 0 N–H and O–H groups in total. The highest BCUT2D eigenvalue weighted by Crippen LogP contribution is 2.19. The molecule has 0 aliphatic carbocycles. The SMILES string of the molecule is CCCN(CC)c1cnc2ccc(Br)cc2n1. The zero-order valence-corrected chi connectivity index (χ0v) is 11.7. The normalized spacial score (nSPS) is 10.8. The number of fused-ring (bicyclic) bond motifs is 1. The van der Waals surface area contributed by atoms with E-state index >= 15 is 0 Å². The van der Waals surface area contributed by atoms with Crippen LogP contribution in [0.2, 0.25) is 0 Å². The Labute approximate surface area is 110 Å². The Morgan fingerprint density at radius 1 is 1.24 bits per heavy atom. The summed E-state index contributed by atoms with van der Waals surface area (Å²) in [6, 6.07) is 5.97. The molecule has 0 aliphatic heterocycles. The van der Waals surface area contributed by atoms with E-state index in [1.165, 1.54) is 0 Å². The van der Waals surface area contributed by atoms with Crippen molar-refractivity contribution >= 4 is 32.8 Å². The third kappa shape index (κ3) is 2.75. The molecule has 0 saturated heterocycles. The molecule has 0 saturated carbocycles. The molecule has 0 atom stereocenters. The van der Waals surface area contributed by atoms with Crippen LogP contribution < -0.4 is 4.90 Å². The van der Waals surface area contributed by atoms with Gasteiger partial charge in [0.05, 0.1) is 17.2 Å². The number of hydrogen-bond donors (Lipinski definition) is 0. The van der Waals surface area contributed by atoms with Crippen LogP contribution in [0.4, 0.5) is 5.82 Å². The van der Waals surface area contributed by atoms with Gasteiger partial charge in [-0.05, 0) is 31.5 Å². The fraction of sp³-hybridized carbons (Fsp3) is 0.385. The molecule has 0 aliphatic rings. The van der Waals surface area contributed by atoms with Gasteiger partial charge >= 0.3 is 0 Å². The Hall–Kier alpha value is -1.16. The van der Waals surface area contributed by atoms with Gasteiger partial charge in [-0.1, -0.05) is 22.9 Å². The highest BCUT2D eigenvalue weighted by molar-refractivity contribution is 9.10. The Morgan fingerprint density at radius 2 is 2.06 bits per heavy atom. The Bertz CT molecular complexity index is 513. The van der Waals surface area contributed by atoms with Crippen LogP contribution in [0.5, 0.6) is 0 Å². The summed E-state index contributed by atoms with van der Waals surface area (Å²) >= 11 is 3.46. The van der Waals surface area contributed by atoms with Crippen molar-refractivity contribution in [3.05, 3.63) is 28.9 Å². The van der Waals surface area contributed by atoms with Crippen molar-refractivity contribution in [3.63, 3.8) is 0 Å². The largest absolute Gasteiger partial charge is 0.356 e. The summed E-state index contributed by atoms with van der Waals surface area (Å²) in [4.78, 5) is 11.4. The summed E-state index contributed by atoms with van der Waals surface area (Å²) in [6.07, 6.45) is 2.97. The van der Waals surface area contributed by atoms with E-state index in [4.69, 9.17) is 0 Å². The molecule has 90 valence electrons. The van der Waals surface area contributed by atoms with Gasteiger partial charge in [-0.25, -0.2) is 4.98 Å². The molecule has 2 rings (SSSR count). The van der Waals surface area contributed by atoms with Crippen LogP contribution in [-0.4, -0.2) is 23.1 Å². The third-order valence-electron chi connectivity index (χ3n) is 2.69. The summed E-state index contributed by atoms with van der Waals surface area (Å²) in [5.41, 5.74) is 1.87. The lowest BCUT2D eigenvalue weighted by molar-refractivity contribution is 0.778. The van der Waals surface area contributed by atoms with Crippen molar-refractivity contribution < 1.29 is 0 Å². The molecule has 1 aromatic carbocycles. The average Bonchev–Trinajstić information content (AvgIpc) is 2.35. The lowest BCUT2D eigenvalue weighted by Gasteiger charge is -2.20. The van der Waals surface area contributed by atoms with Crippen molar-refractivity contribution in [2.24, 2.45) is 0 Å². The summed E-state index contributed by atoms with van der Waals surface area (Å²) < 4.78 is 1.04. The van der Waals surface area contributed by atoms with E-state index in [9.17, 15) is 0 Å². The molecule has 4 heteroatoms. The Kier molecular flexibility index (Phi) is 3.94.